The van der Waals surface area contributed by atoms with Gasteiger partial charge in [-0.05, 0) is 94.6 Å². The molecule has 0 spiro atoms. The molecule has 6 heteroatoms. The number of anilines is 3. The Bertz CT molecular complexity index is 928. The van der Waals surface area contributed by atoms with E-state index >= 15 is 0 Å². The zero-order chi connectivity index (χ0) is 27.8. The Balaban J connectivity index is 1.55. The molecular formula is C33H51N3O3. The second-order valence-corrected chi connectivity index (χ2v) is 12.6. The number of benzene rings is 1. The number of para-hydroxylation sites is 1. The molecular weight excluding hydrogens is 486 g/mol. The van der Waals surface area contributed by atoms with Gasteiger partial charge in [0.05, 0.1) is 17.1 Å². The summed E-state index contributed by atoms with van der Waals surface area (Å²) in [7, 11) is 0. The van der Waals surface area contributed by atoms with Crippen molar-refractivity contribution in [2.75, 3.05) is 16.0 Å². The molecule has 3 N–H and O–H groups in total. The summed E-state index contributed by atoms with van der Waals surface area (Å²) >= 11 is 0. The van der Waals surface area contributed by atoms with Crippen LogP contribution in [0.1, 0.15) is 124 Å². The van der Waals surface area contributed by atoms with Gasteiger partial charge in [-0.25, -0.2) is 0 Å². The predicted octanol–water partition coefficient (Wildman–Crippen LogP) is 8.30. The molecule has 3 saturated carbocycles. The van der Waals surface area contributed by atoms with Gasteiger partial charge >= 0.3 is 0 Å². The average Bonchev–Trinajstić information content (AvgIpc) is 2.98. The highest BCUT2D eigenvalue weighted by atomic mass is 16.2. The van der Waals surface area contributed by atoms with E-state index in [1.165, 1.54) is 19.3 Å². The van der Waals surface area contributed by atoms with E-state index in [1.54, 1.807) is 0 Å². The molecule has 0 radical (unpaired) electrons. The summed E-state index contributed by atoms with van der Waals surface area (Å²) in [6.45, 7) is 6.55. The van der Waals surface area contributed by atoms with Crippen LogP contribution in [0.3, 0.4) is 0 Å². The molecule has 3 fully saturated rings. The molecule has 4 rings (SSSR count). The summed E-state index contributed by atoms with van der Waals surface area (Å²) in [6.07, 6.45) is 16.2. The van der Waals surface area contributed by atoms with Crippen LogP contribution < -0.4 is 16.0 Å². The third kappa shape index (κ3) is 7.24. The molecule has 0 aromatic heterocycles. The second-order valence-electron chi connectivity index (χ2n) is 12.6. The number of nitrogens with one attached hydrogen (secondary N) is 3. The van der Waals surface area contributed by atoms with Crippen LogP contribution in [-0.2, 0) is 14.4 Å². The molecule has 39 heavy (non-hydrogen) atoms. The number of hydrogen-bond acceptors (Lipinski definition) is 3. The first kappa shape index (κ1) is 29.6. The zero-order valence-corrected chi connectivity index (χ0v) is 24.6. The Morgan fingerprint density at radius 3 is 1.56 bits per heavy atom. The minimum atomic E-state index is -0.395. The molecule has 6 nitrogen and oxygen atoms in total. The smallest absolute Gasteiger partial charge is 0.230 e. The van der Waals surface area contributed by atoms with E-state index < -0.39 is 5.41 Å². The standard InChI is InChI=1S/C33H51N3O3/c1-4-23-13-17-25(18-14-23)30(37)34-27-11-10-12-28(35-31(38)26-19-15-24(5-2)16-20-26)29(27)36-32(39)33(6-3)21-8-7-9-22-33/h10-12,23-26H,4-9,13-22H2,1-3H3,(H,34,37)(H,35,38)(H,36,39). The van der Waals surface area contributed by atoms with Crippen molar-refractivity contribution in [1.82, 2.24) is 0 Å². The van der Waals surface area contributed by atoms with E-state index in [0.717, 1.165) is 95.3 Å². The van der Waals surface area contributed by atoms with E-state index in [1.807, 2.05) is 18.2 Å². The van der Waals surface area contributed by atoms with Crippen LogP contribution in [0.15, 0.2) is 18.2 Å². The highest BCUT2D eigenvalue weighted by molar-refractivity contribution is 6.08. The number of rotatable bonds is 9. The molecule has 0 unspecified atom stereocenters. The van der Waals surface area contributed by atoms with Crippen molar-refractivity contribution in [3.05, 3.63) is 18.2 Å². The van der Waals surface area contributed by atoms with Gasteiger partial charge in [-0.3, -0.25) is 14.4 Å². The van der Waals surface area contributed by atoms with Crippen molar-refractivity contribution in [2.45, 2.75) is 124 Å². The quantitative estimate of drug-likeness (QED) is 0.296. The van der Waals surface area contributed by atoms with Gasteiger partial charge in [-0.15, -0.1) is 0 Å². The highest BCUT2D eigenvalue weighted by Crippen LogP contribution is 2.42. The van der Waals surface area contributed by atoms with Gasteiger partial charge in [0.15, 0.2) is 0 Å². The first-order valence-corrected chi connectivity index (χ1v) is 15.9. The van der Waals surface area contributed by atoms with Crippen LogP contribution in [0.25, 0.3) is 0 Å². The lowest BCUT2D eigenvalue weighted by atomic mass is 9.71. The van der Waals surface area contributed by atoms with Crippen LogP contribution in [0.2, 0.25) is 0 Å². The van der Waals surface area contributed by atoms with Gasteiger partial charge in [-0.2, -0.15) is 0 Å². The minimum Gasteiger partial charge on any atom is -0.324 e. The Hall–Kier alpha value is -2.37. The van der Waals surface area contributed by atoms with Crippen LogP contribution in [-0.4, -0.2) is 17.7 Å². The van der Waals surface area contributed by atoms with E-state index in [0.29, 0.717) is 17.1 Å². The van der Waals surface area contributed by atoms with Crippen molar-refractivity contribution in [3.8, 4) is 0 Å². The molecule has 0 bridgehead atoms. The largest absolute Gasteiger partial charge is 0.324 e. The molecule has 216 valence electrons. The van der Waals surface area contributed by atoms with Crippen molar-refractivity contribution in [2.24, 2.45) is 29.1 Å². The van der Waals surface area contributed by atoms with E-state index in [-0.39, 0.29) is 29.6 Å². The van der Waals surface area contributed by atoms with Gasteiger partial charge in [0.25, 0.3) is 0 Å². The molecule has 0 atom stereocenters. The van der Waals surface area contributed by atoms with Crippen LogP contribution in [0.4, 0.5) is 17.1 Å². The molecule has 3 aliphatic rings. The second kappa shape index (κ2) is 13.8. The third-order valence-corrected chi connectivity index (χ3v) is 10.4. The Kier molecular flexibility index (Phi) is 10.5. The lowest BCUT2D eigenvalue weighted by Crippen LogP contribution is -2.38. The Morgan fingerprint density at radius 1 is 0.692 bits per heavy atom. The summed E-state index contributed by atoms with van der Waals surface area (Å²) in [5, 5.41) is 9.53. The minimum absolute atomic E-state index is 0.00815. The average molecular weight is 538 g/mol. The van der Waals surface area contributed by atoms with Crippen molar-refractivity contribution in [1.29, 1.82) is 0 Å². The number of carbonyl (C=O) groups is 3. The molecule has 1 aromatic carbocycles. The Morgan fingerprint density at radius 2 is 1.15 bits per heavy atom. The van der Waals surface area contributed by atoms with E-state index in [2.05, 4.69) is 36.7 Å². The first-order valence-electron chi connectivity index (χ1n) is 15.9. The molecule has 0 aliphatic heterocycles. The van der Waals surface area contributed by atoms with Crippen LogP contribution in [0.5, 0.6) is 0 Å². The van der Waals surface area contributed by atoms with Gasteiger partial charge in [-0.1, -0.05) is 58.9 Å². The molecule has 0 heterocycles. The van der Waals surface area contributed by atoms with Crippen LogP contribution >= 0.6 is 0 Å². The summed E-state index contributed by atoms with van der Waals surface area (Å²) in [6, 6.07) is 5.57. The van der Waals surface area contributed by atoms with Gasteiger partial charge in [0.1, 0.15) is 0 Å². The maximum absolute atomic E-state index is 13.8. The molecule has 0 saturated heterocycles. The summed E-state index contributed by atoms with van der Waals surface area (Å²) in [4.78, 5) is 40.5. The lowest BCUT2D eigenvalue weighted by molar-refractivity contribution is -0.127. The monoisotopic (exact) mass is 537 g/mol. The van der Waals surface area contributed by atoms with Crippen LogP contribution in [0, 0.1) is 29.1 Å². The fourth-order valence-electron chi connectivity index (χ4n) is 7.25. The maximum Gasteiger partial charge on any atom is 0.230 e. The summed E-state index contributed by atoms with van der Waals surface area (Å²) < 4.78 is 0. The fraction of sp³-hybridized carbons (Fsp3) is 0.727. The fourth-order valence-corrected chi connectivity index (χ4v) is 7.25. The SMILES string of the molecule is CCC1CCC(C(=O)Nc2cccc(NC(=O)C3CCC(CC)CC3)c2NC(=O)C2(CC)CCCCC2)CC1. The van der Waals surface area contributed by atoms with Crippen molar-refractivity contribution in [3.63, 3.8) is 0 Å². The number of hydrogen-bond donors (Lipinski definition) is 3. The van der Waals surface area contributed by atoms with E-state index in [9.17, 15) is 14.4 Å². The van der Waals surface area contributed by atoms with Gasteiger partial charge in [0, 0.05) is 17.3 Å². The maximum atomic E-state index is 13.8. The van der Waals surface area contributed by atoms with Gasteiger partial charge in [0.2, 0.25) is 17.7 Å². The number of amides is 3. The summed E-state index contributed by atoms with van der Waals surface area (Å²) in [5.74, 6) is 1.46. The third-order valence-electron chi connectivity index (χ3n) is 10.4. The first-order chi connectivity index (χ1) is 18.9. The number of carbonyl (C=O) groups excluding carboxylic acids is 3. The molecule has 3 aliphatic carbocycles. The normalized spacial score (nSPS) is 26.8. The molecule has 3 amide bonds. The van der Waals surface area contributed by atoms with Crippen molar-refractivity contribution >= 4 is 34.8 Å². The topological polar surface area (TPSA) is 87.3 Å². The molecule has 1 aromatic rings. The van der Waals surface area contributed by atoms with E-state index in [4.69, 9.17) is 0 Å². The van der Waals surface area contributed by atoms with Crippen molar-refractivity contribution < 1.29 is 14.4 Å². The lowest BCUT2D eigenvalue weighted by Gasteiger charge is -2.35. The van der Waals surface area contributed by atoms with Gasteiger partial charge < -0.3 is 16.0 Å². The zero-order valence-electron chi connectivity index (χ0n) is 24.6. The Labute approximate surface area is 235 Å². The predicted molar refractivity (Wildman–Crippen MR) is 160 cm³/mol. The summed E-state index contributed by atoms with van der Waals surface area (Å²) in [5.41, 5.74) is 1.31. The highest BCUT2D eigenvalue weighted by Gasteiger charge is 2.38.